The number of piperidine rings is 1. The molecule has 1 aliphatic heterocycles. The maximum absolute atomic E-state index is 12.6. The lowest BCUT2D eigenvalue weighted by molar-refractivity contribution is -0.136. The minimum atomic E-state index is 0.155. The van der Waals surface area contributed by atoms with Crippen LogP contribution in [-0.4, -0.2) is 64.6 Å². The van der Waals surface area contributed by atoms with Crippen LogP contribution in [0.4, 0.5) is 0 Å². The lowest BCUT2D eigenvalue weighted by atomic mass is 9.98. The van der Waals surface area contributed by atoms with Crippen LogP contribution < -0.4 is 10.6 Å². The first-order chi connectivity index (χ1) is 15.1. The number of hydrogen-bond donors (Lipinski definition) is 2. The topological polar surface area (TPSA) is 109 Å². The third-order valence-corrected chi connectivity index (χ3v) is 5.70. The molecular formula is C22H33N7O2. The van der Waals surface area contributed by atoms with Gasteiger partial charge in [0.05, 0.1) is 0 Å². The van der Waals surface area contributed by atoms with Gasteiger partial charge in [-0.1, -0.05) is 25.1 Å². The van der Waals surface area contributed by atoms with Crippen molar-refractivity contribution in [3.05, 3.63) is 30.2 Å². The quantitative estimate of drug-likeness (QED) is 0.491. The molecule has 9 heteroatoms. The van der Waals surface area contributed by atoms with Crippen molar-refractivity contribution in [3.63, 3.8) is 0 Å². The molecule has 1 amide bonds. The molecule has 0 spiro atoms. The molecule has 1 fully saturated rings. The van der Waals surface area contributed by atoms with E-state index in [0.29, 0.717) is 42.3 Å². The van der Waals surface area contributed by atoms with Gasteiger partial charge in [-0.3, -0.25) is 14.8 Å². The number of rotatable bonds is 8. The van der Waals surface area contributed by atoms with Gasteiger partial charge in [0, 0.05) is 51.3 Å². The van der Waals surface area contributed by atoms with Gasteiger partial charge in [0.1, 0.15) is 5.69 Å². The molecule has 0 radical (unpaired) electrons. The summed E-state index contributed by atoms with van der Waals surface area (Å²) in [6.07, 6.45) is 5.97. The molecule has 0 saturated carbocycles. The summed E-state index contributed by atoms with van der Waals surface area (Å²) in [6.45, 7) is 6.40. The predicted molar refractivity (Wildman–Crippen MR) is 119 cm³/mol. The number of pyridine rings is 1. The van der Waals surface area contributed by atoms with Crippen LogP contribution in [-0.2, 0) is 11.2 Å². The van der Waals surface area contributed by atoms with Crippen LogP contribution in [0.2, 0.25) is 0 Å². The largest absolute Gasteiger partial charge is 0.356 e. The van der Waals surface area contributed by atoms with Crippen molar-refractivity contribution in [2.24, 2.45) is 10.9 Å². The molecule has 0 aromatic carbocycles. The first kappa shape index (κ1) is 22.7. The first-order valence-corrected chi connectivity index (χ1v) is 11.1. The van der Waals surface area contributed by atoms with Crippen LogP contribution in [0.25, 0.3) is 11.6 Å². The molecule has 3 heterocycles. The molecule has 0 unspecified atom stereocenters. The Labute approximate surface area is 183 Å². The smallest absolute Gasteiger partial charge is 0.276 e. The Morgan fingerprint density at radius 2 is 2.06 bits per heavy atom. The van der Waals surface area contributed by atoms with E-state index in [9.17, 15) is 4.79 Å². The van der Waals surface area contributed by atoms with E-state index in [1.165, 1.54) is 0 Å². The Morgan fingerprint density at radius 1 is 1.29 bits per heavy atom. The highest BCUT2D eigenvalue weighted by molar-refractivity contribution is 5.80. The second-order valence-corrected chi connectivity index (χ2v) is 7.74. The zero-order valence-electron chi connectivity index (χ0n) is 18.7. The van der Waals surface area contributed by atoms with E-state index in [4.69, 9.17) is 4.52 Å². The number of aliphatic imine (C=N–C) groups is 1. The SMILES string of the molecule is CCC(CC)C(=O)N1CCC(NC(=NC)NCCc2noc(-c3ccccn3)n2)CC1. The summed E-state index contributed by atoms with van der Waals surface area (Å²) in [7, 11) is 1.76. The minimum Gasteiger partial charge on any atom is -0.356 e. The molecular weight excluding hydrogens is 394 g/mol. The molecule has 3 rings (SSSR count). The zero-order valence-corrected chi connectivity index (χ0v) is 18.7. The maximum Gasteiger partial charge on any atom is 0.276 e. The highest BCUT2D eigenvalue weighted by atomic mass is 16.5. The van der Waals surface area contributed by atoms with E-state index in [1.54, 1.807) is 13.2 Å². The standard InChI is InChI=1S/C22H33N7O2/c1-4-16(5-2)21(30)29-14-10-17(11-15-29)26-22(23-3)25-13-9-19-27-20(31-28-19)18-8-6-7-12-24-18/h6-8,12,16-17H,4-5,9-11,13-15H2,1-3H3,(H2,23,25,26). The Balaban J connectivity index is 1.41. The van der Waals surface area contributed by atoms with E-state index in [-0.39, 0.29) is 5.92 Å². The van der Waals surface area contributed by atoms with Gasteiger partial charge in [-0.25, -0.2) is 0 Å². The zero-order chi connectivity index (χ0) is 22.1. The number of carbonyl (C=O) groups excluding carboxylic acids is 1. The maximum atomic E-state index is 12.6. The molecule has 2 N–H and O–H groups in total. The van der Waals surface area contributed by atoms with Gasteiger partial charge in [0.2, 0.25) is 5.91 Å². The number of aromatic nitrogens is 3. The van der Waals surface area contributed by atoms with Gasteiger partial charge in [-0.2, -0.15) is 4.98 Å². The van der Waals surface area contributed by atoms with Crippen LogP contribution in [0.5, 0.6) is 0 Å². The van der Waals surface area contributed by atoms with Gasteiger partial charge < -0.3 is 20.1 Å². The second kappa shape index (κ2) is 11.4. The van der Waals surface area contributed by atoms with Crippen molar-refractivity contribution in [2.45, 2.75) is 52.0 Å². The summed E-state index contributed by atoms with van der Waals surface area (Å²) < 4.78 is 5.29. The van der Waals surface area contributed by atoms with Gasteiger partial charge in [0.15, 0.2) is 11.8 Å². The Kier molecular flexibility index (Phi) is 8.37. The van der Waals surface area contributed by atoms with Crippen LogP contribution in [0.15, 0.2) is 33.9 Å². The summed E-state index contributed by atoms with van der Waals surface area (Å²) in [4.78, 5) is 27.5. The number of amides is 1. The van der Waals surface area contributed by atoms with Gasteiger partial charge in [-0.15, -0.1) is 0 Å². The third-order valence-electron chi connectivity index (χ3n) is 5.70. The first-order valence-electron chi connectivity index (χ1n) is 11.1. The fourth-order valence-electron chi connectivity index (χ4n) is 3.77. The summed E-state index contributed by atoms with van der Waals surface area (Å²) in [5.74, 6) is 2.25. The molecule has 1 saturated heterocycles. The van der Waals surface area contributed by atoms with E-state index < -0.39 is 0 Å². The molecule has 31 heavy (non-hydrogen) atoms. The number of guanidine groups is 1. The Bertz CT molecular complexity index is 841. The van der Waals surface area contributed by atoms with Crippen LogP contribution in [0.1, 0.15) is 45.4 Å². The van der Waals surface area contributed by atoms with E-state index in [0.717, 1.165) is 44.7 Å². The summed E-state index contributed by atoms with van der Waals surface area (Å²) in [6, 6.07) is 5.87. The lowest BCUT2D eigenvalue weighted by Crippen LogP contribution is -2.50. The molecule has 1 aliphatic rings. The number of carbonyl (C=O) groups is 1. The predicted octanol–water partition coefficient (Wildman–Crippen LogP) is 2.27. The molecule has 2 aromatic rings. The van der Waals surface area contributed by atoms with Crippen LogP contribution in [0.3, 0.4) is 0 Å². The Morgan fingerprint density at radius 3 is 2.71 bits per heavy atom. The van der Waals surface area contributed by atoms with Crippen molar-refractivity contribution < 1.29 is 9.32 Å². The average molecular weight is 428 g/mol. The van der Waals surface area contributed by atoms with Crippen molar-refractivity contribution >= 4 is 11.9 Å². The van der Waals surface area contributed by atoms with Crippen LogP contribution >= 0.6 is 0 Å². The van der Waals surface area contributed by atoms with Gasteiger partial charge in [0.25, 0.3) is 5.89 Å². The Hall–Kier alpha value is -2.97. The average Bonchev–Trinajstić information content (AvgIpc) is 3.29. The monoisotopic (exact) mass is 427 g/mol. The fourth-order valence-corrected chi connectivity index (χ4v) is 3.77. The normalized spacial score (nSPS) is 15.4. The number of nitrogens with zero attached hydrogens (tertiary/aromatic N) is 5. The van der Waals surface area contributed by atoms with Crippen LogP contribution in [0, 0.1) is 5.92 Å². The van der Waals surface area contributed by atoms with Gasteiger partial charge >= 0.3 is 0 Å². The van der Waals surface area contributed by atoms with Crippen molar-refractivity contribution in [3.8, 4) is 11.6 Å². The van der Waals surface area contributed by atoms with E-state index in [2.05, 4.69) is 44.6 Å². The summed E-state index contributed by atoms with van der Waals surface area (Å²) >= 11 is 0. The molecule has 168 valence electrons. The molecule has 9 nitrogen and oxygen atoms in total. The van der Waals surface area contributed by atoms with Crippen molar-refractivity contribution in [1.29, 1.82) is 0 Å². The molecule has 2 aromatic heterocycles. The number of likely N-dealkylation sites (tertiary alicyclic amines) is 1. The minimum absolute atomic E-state index is 0.155. The third kappa shape index (κ3) is 6.26. The van der Waals surface area contributed by atoms with Crippen molar-refractivity contribution in [2.75, 3.05) is 26.7 Å². The van der Waals surface area contributed by atoms with Crippen molar-refractivity contribution in [1.82, 2.24) is 30.7 Å². The summed E-state index contributed by atoms with van der Waals surface area (Å²) in [5, 5.41) is 10.8. The molecule has 0 bridgehead atoms. The number of nitrogens with one attached hydrogen (secondary N) is 2. The highest BCUT2D eigenvalue weighted by Crippen LogP contribution is 2.17. The summed E-state index contributed by atoms with van der Waals surface area (Å²) in [5.41, 5.74) is 0.667. The molecule has 0 aliphatic carbocycles. The van der Waals surface area contributed by atoms with E-state index in [1.807, 2.05) is 23.1 Å². The molecule has 0 atom stereocenters. The highest BCUT2D eigenvalue weighted by Gasteiger charge is 2.26. The number of hydrogen-bond acceptors (Lipinski definition) is 6. The lowest BCUT2D eigenvalue weighted by Gasteiger charge is -2.34. The van der Waals surface area contributed by atoms with Gasteiger partial charge in [-0.05, 0) is 37.8 Å². The second-order valence-electron chi connectivity index (χ2n) is 7.74. The van der Waals surface area contributed by atoms with E-state index >= 15 is 0 Å². The fraction of sp³-hybridized carbons (Fsp3) is 0.591.